The lowest BCUT2D eigenvalue weighted by Crippen LogP contribution is -2.36. The molecule has 0 saturated heterocycles. The van der Waals surface area contributed by atoms with Crippen molar-refractivity contribution in [2.45, 2.75) is 59.2 Å². The molecule has 0 saturated carbocycles. The number of nitrogens with zero attached hydrogens (tertiary/aromatic N) is 3. The molecule has 0 aliphatic carbocycles. The summed E-state index contributed by atoms with van der Waals surface area (Å²) in [6.07, 6.45) is 0.772. The highest BCUT2D eigenvalue weighted by Gasteiger charge is 2.44. The first-order valence-corrected chi connectivity index (χ1v) is 12.2. The summed E-state index contributed by atoms with van der Waals surface area (Å²) in [5.74, 6) is -0.826. The number of fused-ring (bicyclic) bond motifs is 2. The van der Waals surface area contributed by atoms with Crippen molar-refractivity contribution >= 4 is 28.5 Å². The number of aryl methyl sites for hydroxylation is 2. The standard InChI is InChI=1S/C28H28F2N4O3/c1-5-10-34-23(25(30)16(2)32-34)15-33-22-13-17(6-8-21(22)28(3,4)27(33)36)26(35)31-14-20-12-18-11-19(29)7-9-24(18)37-20/h6-9,11-13H,5,10,14-15H2,1-4H3,(H,31,35). The molecule has 7 nitrogen and oxygen atoms in total. The maximum absolute atomic E-state index is 14.9. The molecule has 1 aliphatic rings. The van der Waals surface area contributed by atoms with E-state index in [4.69, 9.17) is 4.42 Å². The Hall–Kier alpha value is -4.01. The van der Waals surface area contributed by atoms with E-state index >= 15 is 0 Å². The molecule has 4 aromatic rings. The third kappa shape index (κ3) is 4.28. The van der Waals surface area contributed by atoms with Gasteiger partial charge in [-0.1, -0.05) is 13.0 Å². The van der Waals surface area contributed by atoms with Gasteiger partial charge in [0.1, 0.15) is 17.2 Å². The van der Waals surface area contributed by atoms with Crippen molar-refractivity contribution in [3.63, 3.8) is 0 Å². The highest BCUT2D eigenvalue weighted by Crippen LogP contribution is 2.43. The molecule has 0 spiro atoms. The smallest absolute Gasteiger partial charge is 0.251 e. The molecule has 0 radical (unpaired) electrons. The van der Waals surface area contributed by atoms with Gasteiger partial charge in [0.15, 0.2) is 5.82 Å². The summed E-state index contributed by atoms with van der Waals surface area (Å²) in [5.41, 5.74) is 2.04. The summed E-state index contributed by atoms with van der Waals surface area (Å²) >= 11 is 0. The third-order valence-corrected chi connectivity index (χ3v) is 6.85. The van der Waals surface area contributed by atoms with Crippen LogP contribution in [0.3, 0.4) is 0 Å². The first kappa shape index (κ1) is 24.7. The van der Waals surface area contributed by atoms with E-state index in [-0.39, 0.29) is 36.4 Å². The van der Waals surface area contributed by atoms with E-state index < -0.39 is 11.2 Å². The van der Waals surface area contributed by atoms with Crippen LogP contribution < -0.4 is 10.2 Å². The van der Waals surface area contributed by atoms with Gasteiger partial charge in [-0.05, 0) is 69.2 Å². The molecule has 37 heavy (non-hydrogen) atoms. The van der Waals surface area contributed by atoms with Gasteiger partial charge in [0, 0.05) is 23.2 Å². The summed E-state index contributed by atoms with van der Waals surface area (Å²) in [6.45, 7) is 7.90. The number of hydrogen-bond acceptors (Lipinski definition) is 4. The average Bonchev–Trinajstić information content (AvgIpc) is 3.45. The number of rotatable bonds is 7. The summed E-state index contributed by atoms with van der Waals surface area (Å²) in [6, 6.07) is 11.0. The molecule has 0 atom stereocenters. The molecule has 2 aromatic heterocycles. The van der Waals surface area contributed by atoms with Crippen molar-refractivity contribution in [1.82, 2.24) is 15.1 Å². The maximum atomic E-state index is 14.9. The highest BCUT2D eigenvalue weighted by molar-refractivity contribution is 6.08. The number of carbonyl (C=O) groups excluding carboxylic acids is 2. The first-order valence-electron chi connectivity index (χ1n) is 12.2. The van der Waals surface area contributed by atoms with Crippen LogP contribution in [-0.4, -0.2) is 21.6 Å². The van der Waals surface area contributed by atoms with Crippen LogP contribution in [0.2, 0.25) is 0 Å². The quantitative estimate of drug-likeness (QED) is 0.365. The van der Waals surface area contributed by atoms with Crippen LogP contribution in [0.25, 0.3) is 11.0 Å². The lowest BCUT2D eigenvalue weighted by atomic mass is 9.86. The molecule has 9 heteroatoms. The number of aromatic nitrogens is 2. The van der Waals surface area contributed by atoms with Crippen LogP contribution in [0.15, 0.2) is 46.9 Å². The topological polar surface area (TPSA) is 80.4 Å². The Bertz CT molecular complexity index is 1540. The van der Waals surface area contributed by atoms with E-state index in [1.807, 2.05) is 20.8 Å². The van der Waals surface area contributed by atoms with Crippen molar-refractivity contribution in [2.24, 2.45) is 0 Å². The molecule has 3 heterocycles. The molecule has 2 amide bonds. The van der Waals surface area contributed by atoms with Crippen LogP contribution in [0.4, 0.5) is 14.5 Å². The fourth-order valence-electron chi connectivity index (χ4n) is 4.87. The molecule has 2 aromatic carbocycles. The summed E-state index contributed by atoms with van der Waals surface area (Å²) < 4.78 is 35.7. The predicted molar refractivity (Wildman–Crippen MR) is 135 cm³/mol. The van der Waals surface area contributed by atoms with Crippen molar-refractivity contribution in [2.75, 3.05) is 4.90 Å². The zero-order valence-corrected chi connectivity index (χ0v) is 21.2. The number of halogens is 2. The van der Waals surface area contributed by atoms with E-state index in [0.717, 1.165) is 12.0 Å². The molecular weight excluding hydrogens is 478 g/mol. The van der Waals surface area contributed by atoms with Gasteiger partial charge < -0.3 is 14.6 Å². The second-order valence-corrected chi connectivity index (χ2v) is 9.89. The average molecular weight is 507 g/mol. The Morgan fingerprint density at radius 3 is 2.68 bits per heavy atom. The number of amides is 2. The van der Waals surface area contributed by atoms with Crippen LogP contribution in [-0.2, 0) is 29.8 Å². The number of hydrogen-bond donors (Lipinski definition) is 1. The first-order chi connectivity index (χ1) is 17.6. The van der Waals surface area contributed by atoms with Crippen molar-refractivity contribution in [1.29, 1.82) is 0 Å². The number of anilines is 1. The summed E-state index contributed by atoms with van der Waals surface area (Å²) in [5, 5.41) is 7.72. The summed E-state index contributed by atoms with van der Waals surface area (Å²) in [4.78, 5) is 27.9. The van der Waals surface area contributed by atoms with Crippen LogP contribution >= 0.6 is 0 Å². The van der Waals surface area contributed by atoms with Crippen LogP contribution in [0.5, 0.6) is 0 Å². The maximum Gasteiger partial charge on any atom is 0.251 e. The van der Waals surface area contributed by atoms with Crippen molar-refractivity contribution in [3.05, 3.63) is 82.4 Å². The Morgan fingerprint density at radius 2 is 1.92 bits per heavy atom. The Kier molecular flexibility index (Phi) is 6.09. The number of carbonyl (C=O) groups is 2. The SMILES string of the molecule is CCCn1nc(C)c(F)c1CN1C(=O)C(C)(C)c2ccc(C(=O)NCc3cc4cc(F)ccc4o3)cc21. The normalized spacial score (nSPS) is 14.4. The van der Waals surface area contributed by atoms with Crippen LogP contribution in [0, 0.1) is 18.6 Å². The van der Waals surface area contributed by atoms with E-state index in [1.54, 1.807) is 41.9 Å². The van der Waals surface area contributed by atoms with Gasteiger partial charge in [-0.15, -0.1) is 0 Å². The van der Waals surface area contributed by atoms with E-state index in [1.165, 1.54) is 17.0 Å². The number of nitrogens with one attached hydrogen (secondary N) is 1. The van der Waals surface area contributed by atoms with E-state index in [2.05, 4.69) is 10.4 Å². The lowest BCUT2D eigenvalue weighted by molar-refractivity contribution is -0.122. The van der Waals surface area contributed by atoms with Gasteiger partial charge in [0.05, 0.1) is 29.9 Å². The van der Waals surface area contributed by atoms with E-state index in [0.29, 0.717) is 40.2 Å². The van der Waals surface area contributed by atoms with Crippen molar-refractivity contribution < 1.29 is 22.8 Å². The second kappa shape index (κ2) is 9.14. The zero-order valence-electron chi connectivity index (χ0n) is 21.2. The molecule has 1 N–H and O–H groups in total. The van der Waals surface area contributed by atoms with Gasteiger partial charge in [-0.3, -0.25) is 14.3 Å². The largest absolute Gasteiger partial charge is 0.459 e. The van der Waals surface area contributed by atoms with Gasteiger partial charge in [0.25, 0.3) is 5.91 Å². The molecule has 1 aliphatic heterocycles. The molecule has 0 fully saturated rings. The minimum atomic E-state index is -0.824. The monoisotopic (exact) mass is 506 g/mol. The molecule has 192 valence electrons. The molecular formula is C28H28F2N4O3. The minimum Gasteiger partial charge on any atom is -0.459 e. The zero-order chi connectivity index (χ0) is 26.5. The van der Waals surface area contributed by atoms with Gasteiger partial charge in [-0.2, -0.15) is 5.10 Å². The molecule has 5 rings (SSSR count). The van der Waals surface area contributed by atoms with Gasteiger partial charge in [-0.25, -0.2) is 8.78 Å². The predicted octanol–water partition coefficient (Wildman–Crippen LogP) is 5.38. The lowest BCUT2D eigenvalue weighted by Gasteiger charge is -2.21. The van der Waals surface area contributed by atoms with Gasteiger partial charge in [0.2, 0.25) is 5.91 Å². The molecule has 0 bridgehead atoms. The van der Waals surface area contributed by atoms with Crippen LogP contribution in [0.1, 0.15) is 60.3 Å². The Labute approximate surface area is 213 Å². The molecule has 0 unspecified atom stereocenters. The van der Waals surface area contributed by atoms with Gasteiger partial charge >= 0.3 is 0 Å². The van der Waals surface area contributed by atoms with E-state index in [9.17, 15) is 18.4 Å². The second-order valence-electron chi connectivity index (χ2n) is 9.89. The highest BCUT2D eigenvalue weighted by atomic mass is 19.1. The summed E-state index contributed by atoms with van der Waals surface area (Å²) in [7, 11) is 0. The fourth-order valence-corrected chi connectivity index (χ4v) is 4.87. The van der Waals surface area contributed by atoms with Crippen molar-refractivity contribution in [3.8, 4) is 0 Å². The third-order valence-electron chi connectivity index (χ3n) is 6.85. The minimum absolute atomic E-state index is 0.0164. The fraction of sp³-hybridized carbons (Fsp3) is 0.321. The number of benzene rings is 2. The Morgan fingerprint density at radius 1 is 1.14 bits per heavy atom. The Balaban J connectivity index is 1.41. The number of furan rings is 1.